The van der Waals surface area contributed by atoms with Crippen molar-refractivity contribution in [2.24, 2.45) is 23.2 Å². The third-order valence-corrected chi connectivity index (χ3v) is 9.10. The molecule has 3 N–H and O–H groups in total. The van der Waals surface area contributed by atoms with Crippen LogP contribution in [0.4, 0.5) is 0 Å². The second kappa shape index (κ2) is 8.69. The first-order valence-electron chi connectivity index (χ1n) is 12.7. The van der Waals surface area contributed by atoms with Crippen LogP contribution in [0, 0.1) is 23.2 Å². The molecule has 1 saturated heterocycles. The van der Waals surface area contributed by atoms with Crippen molar-refractivity contribution in [2.75, 3.05) is 6.61 Å². The average Bonchev–Trinajstić information content (AvgIpc) is 3.22. The van der Waals surface area contributed by atoms with Gasteiger partial charge in [-0.25, -0.2) is 0 Å². The zero-order chi connectivity index (χ0) is 23.3. The van der Waals surface area contributed by atoms with E-state index in [1.165, 1.54) is 31.3 Å². The molecule has 3 saturated carbocycles. The van der Waals surface area contributed by atoms with Gasteiger partial charge in [0.05, 0.1) is 30.0 Å². The molecule has 32 heavy (non-hydrogen) atoms. The third kappa shape index (κ3) is 4.66. The second-order valence-corrected chi connectivity index (χ2v) is 12.3. The highest BCUT2D eigenvalue weighted by atomic mass is 16.5. The summed E-state index contributed by atoms with van der Waals surface area (Å²) in [6, 6.07) is 0. The van der Waals surface area contributed by atoms with E-state index >= 15 is 0 Å². The van der Waals surface area contributed by atoms with E-state index in [9.17, 15) is 15.3 Å². The van der Waals surface area contributed by atoms with E-state index < -0.39 is 17.8 Å². The summed E-state index contributed by atoms with van der Waals surface area (Å²) in [5.74, 6) is 1.54. The van der Waals surface area contributed by atoms with Gasteiger partial charge in [-0.1, -0.05) is 31.2 Å². The Labute approximate surface area is 194 Å². The molecule has 1 heterocycles. The van der Waals surface area contributed by atoms with Gasteiger partial charge in [0, 0.05) is 6.42 Å². The highest BCUT2D eigenvalue weighted by Crippen LogP contribution is 2.62. The van der Waals surface area contributed by atoms with Crippen molar-refractivity contribution >= 4 is 0 Å². The van der Waals surface area contributed by atoms with Crippen molar-refractivity contribution in [1.29, 1.82) is 0 Å². The summed E-state index contributed by atoms with van der Waals surface area (Å²) in [4.78, 5) is 0. The molecule has 0 amide bonds. The summed E-state index contributed by atoms with van der Waals surface area (Å²) in [6.45, 7) is 13.4. The normalized spacial score (nSPS) is 45.6. The molecule has 4 heteroatoms. The maximum absolute atomic E-state index is 10.3. The van der Waals surface area contributed by atoms with Crippen molar-refractivity contribution in [2.45, 2.75) is 109 Å². The minimum absolute atomic E-state index is 0.105. The minimum Gasteiger partial charge on any atom is -0.393 e. The molecule has 1 aliphatic heterocycles. The number of hydrogen-bond donors (Lipinski definition) is 3. The van der Waals surface area contributed by atoms with Gasteiger partial charge < -0.3 is 20.1 Å². The quantitative estimate of drug-likeness (QED) is 0.565. The van der Waals surface area contributed by atoms with E-state index in [1.54, 1.807) is 0 Å². The first kappa shape index (κ1) is 24.2. The van der Waals surface area contributed by atoms with E-state index in [0.717, 1.165) is 37.0 Å². The molecule has 4 nitrogen and oxygen atoms in total. The molecule has 7 atom stereocenters. The highest BCUT2D eigenvalue weighted by molar-refractivity contribution is 5.38. The second-order valence-electron chi connectivity index (χ2n) is 12.3. The summed E-state index contributed by atoms with van der Waals surface area (Å²) in [5.41, 5.74) is 2.77. The molecule has 180 valence electrons. The van der Waals surface area contributed by atoms with Crippen molar-refractivity contribution in [3.63, 3.8) is 0 Å². The average molecular weight is 445 g/mol. The van der Waals surface area contributed by atoms with Gasteiger partial charge in [-0.2, -0.15) is 0 Å². The molecule has 4 rings (SSSR count). The van der Waals surface area contributed by atoms with Crippen LogP contribution in [0.25, 0.3) is 0 Å². The van der Waals surface area contributed by atoms with Crippen molar-refractivity contribution in [3.05, 3.63) is 35.5 Å². The summed E-state index contributed by atoms with van der Waals surface area (Å²) < 4.78 is 6.52. The Bertz CT molecular complexity index is 790. The number of hydrogen-bond acceptors (Lipinski definition) is 4. The first-order chi connectivity index (χ1) is 14.9. The van der Waals surface area contributed by atoms with Crippen LogP contribution < -0.4 is 0 Å². The lowest BCUT2D eigenvalue weighted by Gasteiger charge is -2.47. The SMILES string of the molecule is C=C1/C(=C\C=C2/CCCC3(C)[C@H]2CC[C@@H]3[C@]2(C)CC(CC(C)(C)O)CO2)C[C@@H](O)CC1O. The van der Waals surface area contributed by atoms with Gasteiger partial charge in [0.1, 0.15) is 0 Å². The van der Waals surface area contributed by atoms with Gasteiger partial charge in [0.2, 0.25) is 0 Å². The number of allylic oxidation sites excluding steroid dienone is 3. The van der Waals surface area contributed by atoms with Crippen LogP contribution in [0.1, 0.15) is 85.5 Å². The van der Waals surface area contributed by atoms with Gasteiger partial charge in [-0.3, -0.25) is 0 Å². The van der Waals surface area contributed by atoms with Crippen LogP contribution in [0.5, 0.6) is 0 Å². The molecule has 0 aromatic heterocycles. The fraction of sp³-hybridized carbons (Fsp3) is 0.786. The zero-order valence-electron chi connectivity index (χ0n) is 20.6. The standard InChI is InChI=1S/C28H44O4/c1-18-21(13-22(29)14-24(18)30)9-8-20-7-6-12-27(4)23(20)10-11-25(27)28(5)16-19(17-32-28)15-26(2,3)31/h8-9,19,22-25,29-31H,1,6-7,10-17H2,2-5H3/b20-8+,21-9-/t19?,22-,23+,24?,25+,27?,28+/m1/s1. The lowest BCUT2D eigenvalue weighted by Crippen LogP contribution is -2.45. The number of fused-ring (bicyclic) bond motifs is 1. The summed E-state index contributed by atoms with van der Waals surface area (Å²) in [6.07, 6.45) is 12.1. The molecular weight excluding hydrogens is 400 g/mol. The van der Waals surface area contributed by atoms with Gasteiger partial charge in [-0.15, -0.1) is 0 Å². The molecular formula is C28H44O4. The number of aliphatic hydroxyl groups is 3. The van der Waals surface area contributed by atoms with Crippen LogP contribution in [-0.2, 0) is 4.74 Å². The van der Waals surface area contributed by atoms with E-state index in [2.05, 4.69) is 32.6 Å². The van der Waals surface area contributed by atoms with E-state index in [4.69, 9.17) is 4.74 Å². The Hall–Kier alpha value is -0.940. The molecule has 3 aliphatic carbocycles. The van der Waals surface area contributed by atoms with Crippen LogP contribution >= 0.6 is 0 Å². The van der Waals surface area contributed by atoms with Crippen molar-refractivity contribution < 1.29 is 20.1 Å². The van der Waals surface area contributed by atoms with E-state index in [1.807, 2.05) is 13.8 Å². The largest absolute Gasteiger partial charge is 0.393 e. The fourth-order valence-electron chi connectivity index (χ4n) is 7.79. The Morgan fingerprint density at radius 3 is 2.66 bits per heavy atom. The van der Waals surface area contributed by atoms with Gasteiger partial charge in [-0.05, 0) is 106 Å². The lowest BCUT2D eigenvalue weighted by atomic mass is 9.59. The summed E-state index contributed by atoms with van der Waals surface area (Å²) >= 11 is 0. The third-order valence-electron chi connectivity index (χ3n) is 9.10. The zero-order valence-corrected chi connectivity index (χ0v) is 20.6. The number of rotatable bonds is 4. The molecule has 3 unspecified atom stereocenters. The van der Waals surface area contributed by atoms with Crippen LogP contribution in [0.15, 0.2) is 35.5 Å². The Morgan fingerprint density at radius 1 is 1.19 bits per heavy atom. The number of aliphatic hydroxyl groups excluding tert-OH is 2. The molecule has 0 aromatic carbocycles. The molecule has 0 spiro atoms. The maximum atomic E-state index is 10.3. The van der Waals surface area contributed by atoms with Gasteiger partial charge in [0.15, 0.2) is 0 Å². The fourth-order valence-corrected chi connectivity index (χ4v) is 7.79. The predicted molar refractivity (Wildman–Crippen MR) is 128 cm³/mol. The van der Waals surface area contributed by atoms with E-state index in [0.29, 0.717) is 30.6 Å². The van der Waals surface area contributed by atoms with Gasteiger partial charge >= 0.3 is 0 Å². The maximum Gasteiger partial charge on any atom is 0.0811 e. The van der Waals surface area contributed by atoms with Crippen molar-refractivity contribution in [3.8, 4) is 0 Å². The van der Waals surface area contributed by atoms with E-state index in [-0.39, 0.29) is 11.0 Å². The molecule has 0 bridgehead atoms. The Morgan fingerprint density at radius 2 is 1.94 bits per heavy atom. The molecule has 4 fully saturated rings. The summed E-state index contributed by atoms with van der Waals surface area (Å²) in [5, 5.41) is 30.6. The topological polar surface area (TPSA) is 69.9 Å². The minimum atomic E-state index is -0.639. The molecule has 0 radical (unpaired) electrons. The van der Waals surface area contributed by atoms with Gasteiger partial charge in [0.25, 0.3) is 0 Å². The molecule has 0 aromatic rings. The Balaban J connectivity index is 1.52. The Kier molecular flexibility index (Phi) is 6.57. The summed E-state index contributed by atoms with van der Waals surface area (Å²) in [7, 11) is 0. The highest BCUT2D eigenvalue weighted by Gasteiger charge is 2.57. The number of ether oxygens (including phenoxy) is 1. The predicted octanol–water partition coefficient (Wildman–Crippen LogP) is 5.08. The molecule has 4 aliphatic rings. The monoisotopic (exact) mass is 444 g/mol. The smallest absolute Gasteiger partial charge is 0.0811 e. The van der Waals surface area contributed by atoms with Crippen molar-refractivity contribution in [1.82, 2.24) is 0 Å². The lowest BCUT2D eigenvalue weighted by molar-refractivity contribution is -0.0753. The van der Waals surface area contributed by atoms with Crippen LogP contribution in [0.3, 0.4) is 0 Å². The van der Waals surface area contributed by atoms with Crippen LogP contribution in [0.2, 0.25) is 0 Å². The first-order valence-corrected chi connectivity index (χ1v) is 12.7. The van der Waals surface area contributed by atoms with Crippen LogP contribution in [-0.4, -0.2) is 45.3 Å².